The summed E-state index contributed by atoms with van der Waals surface area (Å²) in [6.45, 7) is 0. The van der Waals surface area contributed by atoms with Crippen LogP contribution < -0.4 is 10.6 Å². The lowest BCUT2D eigenvalue weighted by Crippen LogP contribution is -2.44. The number of nitrogens with one attached hydrogen (secondary N) is 3. The fraction of sp³-hybridized carbons (Fsp3) is 0.200. The molecule has 5 rings (SSSR count). The van der Waals surface area contributed by atoms with Crippen molar-refractivity contribution in [1.82, 2.24) is 15.2 Å². The molecule has 0 saturated heterocycles. The SMILES string of the molecule is FC1(F)CC(Nc2cccc3cc(Nc4[nH]nc5ncccc45)ccc23)C1. The third kappa shape index (κ3) is 2.95. The van der Waals surface area contributed by atoms with E-state index >= 15 is 0 Å². The van der Waals surface area contributed by atoms with Crippen molar-refractivity contribution in [1.29, 1.82) is 0 Å². The molecule has 4 aromatic rings. The van der Waals surface area contributed by atoms with Gasteiger partial charge in [-0.05, 0) is 35.7 Å². The first-order valence-corrected chi connectivity index (χ1v) is 8.81. The fourth-order valence-electron chi connectivity index (χ4n) is 3.56. The van der Waals surface area contributed by atoms with Gasteiger partial charge in [0.15, 0.2) is 5.65 Å². The van der Waals surface area contributed by atoms with E-state index in [-0.39, 0.29) is 18.9 Å². The molecule has 1 aliphatic rings. The number of hydrogen-bond donors (Lipinski definition) is 3. The maximum atomic E-state index is 13.1. The quantitative estimate of drug-likeness (QED) is 0.473. The summed E-state index contributed by atoms with van der Waals surface area (Å²) in [5.41, 5.74) is 2.45. The molecule has 0 atom stereocenters. The Hall–Kier alpha value is -3.22. The van der Waals surface area contributed by atoms with Gasteiger partial charge in [0.25, 0.3) is 5.92 Å². The zero-order valence-electron chi connectivity index (χ0n) is 14.3. The van der Waals surface area contributed by atoms with Crippen molar-refractivity contribution in [3.63, 3.8) is 0 Å². The Bertz CT molecular complexity index is 1130. The van der Waals surface area contributed by atoms with Crippen molar-refractivity contribution in [2.45, 2.75) is 24.8 Å². The Morgan fingerprint density at radius 1 is 1.04 bits per heavy atom. The van der Waals surface area contributed by atoms with E-state index in [1.807, 2.05) is 48.5 Å². The van der Waals surface area contributed by atoms with Gasteiger partial charge in [-0.3, -0.25) is 5.10 Å². The van der Waals surface area contributed by atoms with E-state index in [1.54, 1.807) is 6.20 Å². The predicted molar refractivity (Wildman–Crippen MR) is 103 cm³/mol. The summed E-state index contributed by atoms with van der Waals surface area (Å²) in [6.07, 6.45) is 1.49. The molecule has 3 N–H and O–H groups in total. The predicted octanol–water partition coefficient (Wildman–Crippen LogP) is 5.06. The highest BCUT2D eigenvalue weighted by Gasteiger charge is 2.45. The average Bonchev–Trinajstić information content (AvgIpc) is 3.03. The van der Waals surface area contributed by atoms with Crippen molar-refractivity contribution in [3.05, 3.63) is 54.7 Å². The van der Waals surface area contributed by atoms with Gasteiger partial charge < -0.3 is 10.6 Å². The number of halogens is 2. The van der Waals surface area contributed by atoms with Crippen LogP contribution in [0.4, 0.5) is 26.0 Å². The minimum Gasteiger partial charge on any atom is -0.381 e. The zero-order chi connectivity index (χ0) is 18.4. The molecule has 2 aromatic carbocycles. The summed E-state index contributed by atoms with van der Waals surface area (Å²) < 4.78 is 26.2. The van der Waals surface area contributed by atoms with E-state index in [9.17, 15) is 8.78 Å². The van der Waals surface area contributed by atoms with Crippen molar-refractivity contribution < 1.29 is 8.78 Å². The van der Waals surface area contributed by atoms with Crippen LogP contribution in [0, 0.1) is 0 Å². The Kier molecular flexibility index (Phi) is 3.50. The van der Waals surface area contributed by atoms with Crippen molar-refractivity contribution >= 4 is 39.0 Å². The van der Waals surface area contributed by atoms with Gasteiger partial charge in [-0.15, -0.1) is 0 Å². The first kappa shape index (κ1) is 16.0. The number of benzene rings is 2. The Morgan fingerprint density at radius 2 is 1.93 bits per heavy atom. The highest BCUT2D eigenvalue weighted by atomic mass is 19.3. The Balaban J connectivity index is 1.42. The Morgan fingerprint density at radius 3 is 2.78 bits per heavy atom. The van der Waals surface area contributed by atoms with E-state index in [0.717, 1.165) is 33.4 Å². The van der Waals surface area contributed by atoms with Gasteiger partial charge in [0.2, 0.25) is 0 Å². The van der Waals surface area contributed by atoms with Crippen molar-refractivity contribution in [3.8, 4) is 0 Å². The van der Waals surface area contributed by atoms with Crippen LogP contribution in [0.5, 0.6) is 0 Å². The third-order valence-corrected chi connectivity index (χ3v) is 4.93. The highest BCUT2D eigenvalue weighted by Crippen LogP contribution is 2.40. The van der Waals surface area contributed by atoms with Gasteiger partial charge in [0.1, 0.15) is 5.82 Å². The molecule has 7 heteroatoms. The molecule has 1 fully saturated rings. The monoisotopic (exact) mass is 365 g/mol. The number of H-pyrrole nitrogens is 1. The number of aromatic nitrogens is 3. The molecule has 27 heavy (non-hydrogen) atoms. The van der Waals surface area contributed by atoms with Crippen molar-refractivity contribution in [2.24, 2.45) is 0 Å². The minimum absolute atomic E-state index is 0.107. The minimum atomic E-state index is -2.53. The second kappa shape index (κ2) is 5.90. The molecular weight excluding hydrogens is 348 g/mol. The molecule has 2 aromatic heterocycles. The maximum absolute atomic E-state index is 13.1. The maximum Gasteiger partial charge on any atom is 0.252 e. The van der Waals surface area contributed by atoms with Gasteiger partial charge in [0.05, 0.1) is 5.39 Å². The number of fused-ring (bicyclic) bond motifs is 2. The number of pyridine rings is 1. The fourth-order valence-corrected chi connectivity index (χ4v) is 3.56. The number of alkyl halides is 2. The molecule has 2 heterocycles. The normalized spacial score (nSPS) is 16.4. The largest absolute Gasteiger partial charge is 0.381 e. The molecular formula is C20H17F2N5. The van der Waals surface area contributed by atoms with Crippen LogP contribution in [0.15, 0.2) is 54.7 Å². The van der Waals surface area contributed by atoms with Crippen LogP contribution in [0.25, 0.3) is 21.8 Å². The molecule has 0 unspecified atom stereocenters. The average molecular weight is 365 g/mol. The molecule has 0 spiro atoms. The van der Waals surface area contributed by atoms with Crippen LogP contribution in [0.1, 0.15) is 12.8 Å². The topological polar surface area (TPSA) is 65.6 Å². The summed E-state index contributed by atoms with van der Waals surface area (Å²) >= 11 is 0. The van der Waals surface area contributed by atoms with Crippen LogP contribution in [-0.2, 0) is 0 Å². The van der Waals surface area contributed by atoms with E-state index in [0.29, 0.717) is 5.65 Å². The van der Waals surface area contributed by atoms with Gasteiger partial charge in [-0.2, -0.15) is 5.10 Å². The van der Waals surface area contributed by atoms with Crippen LogP contribution >= 0.6 is 0 Å². The van der Waals surface area contributed by atoms with E-state index < -0.39 is 5.92 Å². The standard InChI is InChI=1S/C20H17F2N5/c21-20(22)10-14(11-20)24-17-5-1-3-12-9-13(6-7-15(12)17)25-19-16-4-2-8-23-18(16)26-27-19/h1-9,14,24H,10-11H2,(H2,23,25,26,27). The first-order valence-electron chi connectivity index (χ1n) is 8.81. The van der Waals surface area contributed by atoms with Gasteiger partial charge in [-0.1, -0.05) is 18.2 Å². The van der Waals surface area contributed by atoms with E-state index in [2.05, 4.69) is 25.8 Å². The summed E-state index contributed by atoms with van der Waals surface area (Å²) in [5.74, 6) is -1.75. The number of aromatic amines is 1. The summed E-state index contributed by atoms with van der Waals surface area (Å²) in [5, 5.41) is 16.7. The summed E-state index contributed by atoms with van der Waals surface area (Å²) in [4.78, 5) is 4.21. The Labute approximate surface area is 153 Å². The van der Waals surface area contributed by atoms with E-state index in [4.69, 9.17) is 0 Å². The zero-order valence-corrected chi connectivity index (χ0v) is 14.3. The van der Waals surface area contributed by atoms with Crippen molar-refractivity contribution in [2.75, 3.05) is 10.6 Å². The molecule has 0 radical (unpaired) electrons. The van der Waals surface area contributed by atoms with Gasteiger partial charge in [-0.25, -0.2) is 13.8 Å². The van der Waals surface area contributed by atoms with Crippen LogP contribution in [-0.4, -0.2) is 27.1 Å². The molecule has 136 valence electrons. The van der Waals surface area contributed by atoms with Gasteiger partial charge in [0, 0.05) is 41.8 Å². The molecule has 0 aliphatic heterocycles. The molecule has 0 amide bonds. The second-order valence-corrected chi connectivity index (χ2v) is 6.95. The smallest absolute Gasteiger partial charge is 0.252 e. The molecule has 0 bridgehead atoms. The number of rotatable bonds is 4. The molecule has 5 nitrogen and oxygen atoms in total. The number of nitrogens with zero attached hydrogens (tertiary/aromatic N) is 2. The lowest BCUT2D eigenvalue weighted by Gasteiger charge is -2.36. The summed E-state index contributed by atoms with van der Waals surface area (Å²) in [7, 11) is 0. The molecule has 1 saturated carbocycles. The molecule has 1 aliphatic carbocycles. The highest BCUT2D eigenvalue weighted by molar-refractivity contribution is 5.97. The summed E-state index contributed by atoms with van der Waals surface area (Å²) in [6, 6.07) is 15.5. The van der Waals surface area contributed by atoms with Gasteiger partial charge >= 0.3 is 0 Å². The van der Waals surface area contributed by atoms with Crippen LogP contribution in [0.3, 0.4) is 0 Å². The first-order chi connectivity index (χ1) is 13.1. The van der Waals surface area contributed by atoms with Crippen LogP contribution in [0.2, 0.25) is 0 Å². The number of hydrogen-bond acceptors (Lipinski definition) is 4. The lowest BCUT2D eigenvalue weighted by molar-refractivity contribution is -0.0793. The number of anilines is 3. The van der Waals surface area contributed by atoms with E-state index in [1.165, 1.54) is 0 Å². The second-order valence-electron chi connectivity index (χ2n) is 6.95. The third-order valence-electron chi connectivity index (χ3n) is 4.93. The lowest BCUT2D eigenvalue weighted by atomic mass is 9.88.